The number of ether oxygens (including phenoxy) is 1. The van der Waals surface area contributed by atoms with E-state index in [-0.39, 0.29) is 31.2 Å². The van der Waals surface area contributed by atoms with Gasteiger partial charge in [0, 0.05) is 12.6 Å². The number of anilines is 2. The van der Waals surface area contributed by atoms with Gasteiger partial charge in [-0.2, -0.15) is 0 Å². The Morgan fingerprint density at radius 2 is 1.92 bits per heavy atom. The van der Waals surface area contributed by atoms with E-state index in [1.165, 1.54) is 7.11 Å². The first-order valence-corrected chi connectivity index (χ1v) is 12.4. The van der Waals surface area contributed by atoms with Crippen LogP contribution in [0.2, 0.25) is 0 Å². The molecule has 3 amide bonds. The number of carbonyl (C=O) groups excluding carboxylic acids is 2. The number of hydrogen-bond donors (Lipinski definition) is 5. The number of nitrogens with zero attached hydrogens (tertiary/aromatic N) is 2. The van der Waals surface area contributed by atoms with E-state index < -0.39 is 12.0 Å². The Bertz CT molecular complexity index is 1270. The Morgan fingerprint density at radius 3 is 2.61 bits per heavy atom. The third kappa shape index (κ3) is 8.32. The normalized spacial score (nSPS) is 11.6. The third-order valence-corrected chi connectivity index (χ3v) is 5.76. The number of aliphatic carboxylic acids is 1. The molecule has 0 radical (unpaired) electrons. The minimum Gasteiger partial charge on any atom is -0.495 e. The van der Waals surface area contributed by atoms with Crippen molar-refractivity contribution < 1.29 is 24.2 Å². The Morgan fingerprint density at radius 1 is 1.13 bits per heavy atom. The molecule has 0 fully saturated rings. The molecule has 0 saturated carbocycles. The predicted octanol–water partition coefficient (Wildman–Crippen LogP) is 4.23. The average molecular weight is 523 g/mol. The fraction of sp³-hybridized carbons (Fsp3) is 0.370. The zero-order valence-corrected chi connectivity index (χ0v) is 22.0. The molecule has 2 heterocycles. The van der Waals surface area contributed by atoms with Crippen LogP contribution in [0.15, 0.2) is 42.7 Å². The standard InChI is InChI=1S/C27H34N6O5/c1-16(2)12-20(21-15-29-23(30-21)9-10-25(35)36)31-24(34)14-18-7-8-19(22(13-18)38-4)32-27(37)33-26-17(3)6-5-11-28-26/h5-8,11,13,15-16,20H,9-10,12,14H2,1-4H3,(H,29,30)(H,31,34)(H,35,36)(H2,28,32,33,37). The number of rotatable bonds is 12. The molecule has 38 heavy (non-hydrogen) atoms. The summed E-state index contributed by atoms with van der Waals surface area (Å²) in [6, 6.07) is 8.02. The van der Waals surface area contributed by atoms with Gasteiger partial charge >= 0.3 is 12.0 Å². The summed E-state index contributed by atoms with van der Waals surface area (Å²) in [6.07, 6.45) is 4.29. The van der Waals surface area contributed by atoms with Gasteiger partial charge in [-0.15, -0.1) is 0 Å². The van der Waals surface area contributed by atoms with E-state index in [0.717, 1.165) is 11.3 Å². The van der Waals surface area contributed by atoms with Gasteiger partial charge in [0.05, 0.1) is 43.6 Å². The van der Waals surface area contributed by atoms with E-state index in [9.17, 15) is 14.4 Å². The van der Waals surface area contributed by atoms with Crippen LogP contribution in [-0.4, -0.2) is 45.1 Å². The van der Waals surface area contributed by atoms with Crippen LogP contribution in [0.4, 0.5) is 16.3 Å². The van der Waals surface area contributed by atoms with Gasteiger partial charge in [-0.05, 0) is 48.6 Å². The summed E-state index contributed by atoms with van der Waals surface area (Å²) in [5, 5.41) is 17.4. The number of nitrogens with one attached hydrogen (secondary N) is 4. The van der Waals surface area contributed by atoms with Crippen molar-refractivity contribution in [2.24, 2.45) is 5.92 Å². The second kappa shape index (κ2) is 13.2. The van der Waals surface area contributed by atoms with Crippen molar-refractivity contribution in [2.75, 3.05) is 17.7 Å². The van der Waals surface area contributed by atoms with Gasteiger partial charge in [0.1, 0.15) is 17.4 Å². The molecule has 11 heteroatoms. The summed E-state index contributed by atoms with van der Waals surface area (Å²) in [4.78, 5) is 47.8. The Hall–Kier alpha value is -4.41. The maximum atomic E-state index is 12.9. The van der Waals surface area contributed by atoms with Gasteiger partial charge in [0.2, 0.25) is 5.91 Å². The molecule has 0 aliphatic carbocycles. The summed E-state index contributed by atoms with van der Waals surface area (Å²) in [5.41, 5.74) is 2.73. The van der Waals surface area contributed by atoms with Gasteiger partial charge < -0.3 is 25.5 Å². The lowest BCUT2D eigenvalue weighted by molar-refractivity contribution is -0.137. The first kappa shape index (κ1) is 28.2. The van der Waals surface area contributed by atoms with Crippen LogP contribution in [0.3, 0.4) is 0 Å². The smallest absolute Gasteiger partial charge is 0.324 e. The van der Waals surface area contributed by atoms with Gasteiger partial charge in [-0.1, -0.05) is 26.0 Å². The van der Waals surface area contributed by atoms with Crippen LogP contribution in [0.1, 0.15) is 55.4 Å². The molecule has 2 aromatic heterocycles. The summed E-state index contributed by atoms with van der Waals surface area (Å²) < 4.78 is 5.44. The van der Waals surface area contributed by atoms with Gasteiger partial charge in [0.25, 0.3) is 0 Å². The zero-order chi connectivity index (χ0) is 27.7. The molecule has 3 aromatic rings. The summed E-state index contributed by atoms with van der Waals surface area (Å²) in [6.45, 7) is 5.96. The Kier molecular flexibility index (Phi) is 9.80. The minimum absolute atomic E-state index is 0.0225. The SMILES string of the molecule is COc1cc(CC(=O)NC(CC(C)C)c2cnc(CCC(=O)O)[nH]2)ccc1NC(=O)Nc1ncccc1C. The number of carboxylic acids is 1. The molecule has 0 bridgehead atoms. The predicted molar refractivity (Wildman–Crippen MR) is 143 cm³/mol. The number of carboxylic acid groups (broad SMARTS) is 1. The van der Waals surface area contributed by atoms with Crippen LogP contribution in [0.5, 0.6) is 5.75 Å². The fourth-order valence-electron chi connectivity index (χ4n) is 3.90. The van der Waals surface area contributed by atoms with Gasteiger partial charge in [0.15, 0.2) is 0 Å². The molecular weight excluding hydrogens is 488 g/mol. The Labute approximate surface area is 221 Å². The quantitative estimate of drug-likeness (QED) is 0.238. The zero-order valence-electron chi connectivity index (χ0n) is 22.0. The lowest BCUT2D eigenvalue weighted by Gasteiger charge is -2.20. The lowest BCUT2D eigenvalue weighted by Crippen LogP contribution is -2.31. The summed E-state index contributed by atoms with van der Waals surface area (Å²) >= 11 is 0. The number of carbonyl (C=O) groups is 3. The molecule has 1 atom stereocenters. The van der Waals surface area contributed by atoms with Crippen molar-refractivity contribution in [3.05, 3.63) is 65.4 Å². The highest BCUT2D eigenvalue weighted by molar-refractivity contribution is 6.00. The Balaban J connectivity index is 1.64. The largest absolute Gasteiger partial charge is 0.495 e. The highest BCUT2D eigenvalue weighted by atomic mass is 16.5. The van der Waals surface area contributed by atoms with Crippen molar-refractivity contribution in [3.63, 3.8) is 0 Å². The number of methoxy groups -OCH3 is 1. The molecule has 0 saturated heterocycles. The van der Waals surface area contributed by atoms with E-state index in [0.29, 0.717) is 41.0 Å². The minimum atomic E-state index is -0.893. The van der Waals surface area contributed by atoms with Crippen LogP contribution < -0.4 is 20.7 Å². The first-order chi connectivity index (χ1) is 18.1. The monoisotopic (exact) mass is 522 g/mol. The summed E-state index contributed by atoms with van der Waals surface area (Å²) in [5.74, 6) is 0.662. The molecule has 0 aliphatic rings. The molecule has 0 aliphatic heterocycles. The number of imidazole rings is 1. The van der Waals surface area contributed by atoms with Crippen LogP contribution in [0.25, 0.3) is 0 Å². The molecule has 11 nitrogen and oxygen atoms in total. The van der Waals surface area contributed by atoms with Crippen molar-refractivity contribution in [2.45, 2.75) is 52.5 Å². The highest BCUT2D eigenvalue weighted by Crippen LogP contribution is 2.27. The second-order valence-electron chi connectivity index (χ2n) is 9.39. The van der Waals surface area contributed by atoms with E-state index in [1.54, 1.807) is 36.7 Å². The van der Waals surface area contributed by atoms with Crippen LogP contribution >= 0.6 is 0 Å². The summed E-state index contributed by atoms with van der Waals surface area (Å²) in [7, 11) is 1.49. The van der Waals surface area contributed by atoms with Gasteiger partial charge in [-0.25, -0.2) is 14.8 Å². The van der Waals surface area contributed by atoms with Crippen molar-refractivity contribution in [1.82, 2.24) is 20.3 Å². The molecule has 202 valence electrons. The van der Waals surface area contributed by atoms with E-state index >= 15 is 0 Å². The average Bonchev–Trinajstić information content (AvgIpc) is 3.33. The number of benzene rings is 1. The number of urea groups is 1. The maximum absolute atomic E-state index is 12.9. The van der Waals surface area contributed by atoms with Crippen molar-refractivity contribution >= 4 is 29.4 Å². The molecule has 0 spiro atoms. The number of aryl methyl sites for hydroxylation is 2. The molecule has 3 rings (SSSR count). The molecule has 1 unspecified atom stereocenters. The maximum Gasteiger partial charge on any atom is 0.324 e. The fourth-order valence-corrected chi connectivity index (χ4v) is 3.90. The van der Waals surface area contributed by atoms with E-state index in [2.05, 4.69) is 44.7 Å². The topological polar surface area (TPSA) is 158 Å². The molecule has 1 aromatic carbocycles. The number of hydrogen-bond acceptors (Lipinski definition) is 6. The third-order valence-electron chi connectivity index (χ3n) is 5.76. The van der Waals surface area contributed by atoms with Crippen molar-refractivity contribution in [1.29, 1.82) is 0 Å². The van der Waals surface area contributed by atoms with Crippen molar-refractivity contribution in [3.8, 4) is 5.75 Å². The highest BCUT2D eigenvalue weighted by Gasteiger charge is 2.20. The number of H-pyrrole nitrogens is 1. The first-order valence-electron chi connectivity index (χ1n) is 12.4. The molecule has 5 N–H and O–H groups in total. The molecular formula is C27H34N6O5. The van der Waals surface area contributed by atoms with Gasteiger partial charge in [-0.3, -0.25) is 14.9 Å². The number of pyridine rings is 1. The van der Waals surface area contributed by atoms with E-state index in [1.807, 2.05) is 13.0 Å². The second-order valence-corrected chi connectivity index (χ2v) is 9.39. The number of aromatic nitrogens is 3. The van der Waals surface area contributed by atoms with Crippen LogP contribution in [-0.2, 0) is 22.4 Å². The lowest BCUT2D eigenvalue weighted by atomic mass is 10.0. The van der Waals surface area contributed by atoms with Crippen LogP contribution in [0, 0.1) is 12.8 Å². The number of aromatic amines is 1. The van der Waals surface area contributed by atoms with E-state index in [4.69, 9.17) is 9.84 Å². The number of amides is 3.